The van der Waals surface area contributed by atoms with Crippen LogP contribution in [0.15, 0.2) is 35.5 Å². The van der Waals surface area contributed by atoms with Gasteiger partial charge in [-0.25, -0.2) is 4.79 Å². The first-order valence-electron chi connectivity index (χ1n) is 10.1. The lowest BCUT2D eigenvalue weighted by molar-refractivity contribution is -0.125. The van der Waals surface area contributed by atoms with Crippen LogP contribution in [0.1, 0.15) is 69.5 Å². The molecule has 0 saturated carbocycles. The van der Waals surface area contributed by atoms with Gasteiger partial charge in [-0.2, -0.15) is 0 Å². The summed E-state index contributed by atoms with van der Waals surface area (Å²) in [7, 11) is 1.75. The van der Waals surface area contributed by atoms with E-state index in [4.69, 9.17) is 0 Å². The van der Waals surface area contributed by atoms with Crippen molar-refractivity contribution in [3.8, 4) is 0 Å². The van der Waals surface area contributed by atoms with E-state index < -0.39 is 0 Å². The van der Waals surface area contributed by atoms with Crippen LogP contribution in [0.5, 0.6) is 0 Å². The van der Waals surface area contributed by atoms with Crippen LogP contribution in [0, 0.1) is 0 Å². The number of unbranched alkanes of at least 4 members (excludes halogenated alkanes) is 3. The third kappa shape index (κ3) is 3.87. The monoisotopic (exact) mass is 369 g/mol. The minimum absolute atomic E-state index is 0.0614. The molecule has 0 radical (unpaired) electrons. The number of hydrogen-bond acceptors (Lipinski definition) is 2. The summed E-state index contributed by atoms with van der Waals surface area (Å²) in [5, 5.41) is 3.01. The van der Waals surface area contributed by atoms with Gasteiger partial charge < -0.3 is 10.2 Å². The zero-order valence-electron chi connectivity index (χ0n) is 16.9. The molecule has 1 aromatic carbocycles. The highest BCUT2D eigenvalue weighted by Crippen LogP contribution is 2.36. The molecule has 2 heterocycles. The minimum atomic E-state index is -0.363. The molecule has 5 nitrogen and oxygen atoms in total. The normalized spacial score (nSPS) is 19.8. The maximum Gasteiger partial charge on any atom is 0.322 e. The van der Waals surface area contributed by atoms with Crippen LogP contribution in [0.3, 0.4) is 0 Å². The molecule has 0 fully saturated rings. The number of carbonyl (C=O) groups is 2. The predicted octanol–water partition coefficient (Wildman–Crippen LogP) is 4.18. The van der Waals surface area contributed by atoms with Gasteiger partial charge in [0.1, 0.15) is 0 Å². The predicted molar refractivity (Wildman–Crippen MR) is 107 cm³/mol. The van der Waals surface area contributed by atoms with Crippen LogP contribution in [0.2, 0.25) is 0 Å². The van der Waals surface area contributed by atoms with Crippen molar-refractivity contribution in [2.24, 2.45) is 0 Å². The van der Waals surface area contributed by atoms with Gasteiger partial charge >= 0.3 is 6.03 Å². The van der Waals surface area contributed by atoms with E-state index in [1.54, 1.807) is 11.9 Å². The highest BCUT2D eigenvalue weighted by atomic mass is 16.2. The van der Waals surface area contributed by atoms with Crippen LogP contribution in [-0.2, 0) is 4.79 Å². The van der Waals surface area contributed by atoms with Crippen molar-refractivity contribution >= 4 is 11.9 Å². The summed E-state index contributed by atoms with van der Waals surface area (Å²) in [5.41, 5.74) is 3.79. The molecule has 5 heteroatoms. The van der Waals surface area contributed by atoms with Crippen molar-refractivity contribution in [3.05, 3.63) is 46.7 Å². The number of benzene rings is 1. The first kappa shape index (κ1) is 19.5. The standard InChI is InChI=1S/C22H31N3O2/c1-5-6-7-8-13-25-14-18-19(21(25)26)20(23-22(27)24(18)4)17-11-9-16(10-12-17)15(2)3/h9-12,15,20H,5-8,13-14H2,1-4H3,(H,23,27). The summed E-state index contributed by atoms with van der Waals surface area (Å²) >= 11 is 0. The lowest BCUT2D eigenvalue weighted by Crippen LogP contribution is -2.45. The maximum absolute atomic E-state index is 13.1. The highest BCUT2D eigenvalue weighted by Gasteiger charge is 2.42. The largest absolute Gasteiger partial charge is 0.333 e. The Morgan fingerprint density at radius 1 is 1.11 bits per heavy atom. The zero-order valence-corrected chi connectivity index (χ0v) is 16.9. The highest BCUT2D eigenvalue weighted by molar-refractivity contribution is 6.01. The molecule has 3 rings (SSSR count). The number of amides is 3. The van der Waals surface area contributed by atoms with Crippen LogP contribution < -0.4 is 5.32 Å². The summed E-state index contributed by atoms with van der Waals surface area (Å²) in [6.45, 7) is 7.79. The third-order valence-corrected chi connectivity index (χ3v) is 5.65. The fourth-order valence-corrected chi connectivity index (χ4v) is 3.86. The number of carbonyl (C=O) groups excluding carboxylic acids is 2. The summed E-state index contributed by atoms with van der Waals surface area (Å²) in [4.78, 5) is 29.1. The second kappa shape index (κ2) is 8.15. The maximum atomic E-state index is 13.1. The van der Waals surface area contributed by atoms with Gasteiger partial charge in [0.2, 0.25) is 0 Å². The van der Waals surface area contributed by atoms with E-state index in [0.717, 1.165) is 36.2 Å². The number of nitrogens with one attached hydrogen (secondary N) is 1. The third-order valence-electron chi connectivity index (χ3n) is 5.65. The van der Waals surface area contributed by atoms with Gasteiger partial charge in [0.25, 0.3) is 5.91 Å². The van der Waals surface area contributed by atoms with Crippen LogP contribution >= 0.6 is 0 Å². The Kier molecular flexibility index (Phi) is 5.88. The molecule has 3 amide bonds. The molecule has 2 aliphatic heterocycles. The summed E-state index contributed by atoms with van der Waals surface area (Å²) in [6.07, 6.45) is 4.52. The van der Waals surface area contributed by atoms with Crippen molar-refractivity contribution in [3.63, 3.8) is 0 Å². The molecule has 0 aromatic heterocycles. The molecular weight excluding hydrogens is 338 g/mol. The second-order valence-electron chi connectivity index (χ2n) is 7.91. The summed E-state index contributed by atoms with van der Waals surface area (Å²) in [6, 6.07) is 7.74. The molecule has 0 saturated heterocycles. The zero-order chi connectivity index (χ0) is 19.6. The lowest BCUT2D eigenvalue weighted by atomic mass is 9.93. The number of likely N-dealkylation sites (N-methyl/N-ethyl adjacent to an activating group) is 1. The van der Waals surface area contributed by atoms with Crippen LogP contribution in [0.25, 0.3) is 0 Å². The van der Waals surface area contributed by atoms with Crippen LogP contribution in [0.4, 0.5) is 4.79 Å². The first-order valence-corrected chi connectivity index (χ1v) is 10.1. The van der Waals surface area contributed by atoms with Crippen molar-refractivity contribution < 1.29 is 9.59 Å². The van der Waals surface area contributed by atoms with E-state index >= 15 is 0 Å². The lowest BCUT2D eigenvalue weighted by Gasteiger charge is -2.31. The van der Waals surface area contributed by atoms with Gasteiger partial charge in [-0.3, -0.25) is 9.69 Å². The number of rotatable bonds is 7. The van der Waals surface area contributed by atoms with Gasteiger partial charge in [0, 0.05) is 13.6 Å². The van der Waals surface area contributed by atoms with Crippen molar-refractivity contribution in [1.82, 2.24) is 15.1 Å². The Hall–Kier alpha value is -2.30. The number of nitrogens with zero attached hydrogens (tertiary/aromatic N) is 2. The Bertz CT molecular complexity index is 736. The fourth-order valence-electron chi connectivity index (χ4n) is 3.86. The molecule has 1 N–H and O–H groups in total. The molecule has 1 unspecified atom stereocenters. The Morgan fingerprint density at radius 3 is 2.44 bits per heavy atom. The van der Waals surface area contributed by atoms with Gasteiger partial charge in [-0.15, -0.1) is 0 Å². The summed E-state index contributed by atoms with van der Waals surface area (Å²) in [5.74, 6) is 0.513. The van der Waals surface area contributed by atoms with Gasteiger partial charge in [-0.05, 0) is 23.5 Å². The molecule has 1 atom stereocenters. The van der Waals surface area contributed by atoms with E-state index in [9.17, 15) is 9.59 Å². The van der Waals surface area contributed by atoms with E-state index in [2.05, 4.69) is 38.2 Å². The molecular formula is C22H31N3O2. The molecule has 1 aromatic rings. The average molecular weight is 370 g/mol. The summed E-state index contributed by atoms with van der Waals surface area (Å²) < 4.78 is 0. The fraction of sp³-hybridized carbons (Fsp3) is 0.545. The van der Waals surface area contributed by atoms with E-state index in [1.807, 2.05) is 17.0 Å². The molecule has 2 aliphatic rings. The number of urea groups is 1. The SMILES string of the molecule is CCCCCCN1CC2=C(C1=O)C(c1ccc(C(C)C)cc1)NC(=O)N2C. The molecule has 27 heavy (non-hydrogen) atoms. The van der Waals surface area contributed by atoms with Gasteiger partial charge in [0.05, 0.1) is 23.9 Å². The van der Waals surface area contributed by atoms with E-state index in [-0.39, 0.29) is 18.0 Å². The minimum Gasteiger partial charge on any atom is -0.333 e. The van der Waals surface area contributed by atoms with Crippen molar-refractivity contribution in [2.45, 2.75) is 58.4 Å². The smallest absolute Gasteiger partial charge is 0.322 e. The van der Waals surface area contributed by atoms with Gasteiger partial charge in [0.15, 0.2) is 0 Å². The molecule has 0 aliphatic carbocycles. The quantitative estimate of drug-likeness (QED) is 0.733. The van der Waals surface area contributed by atoms with E-state index in [1.165, 1.54) is 18.4 Å². The topological polar surface area (TPSA) is 52.7 Å². The Balaban J connectivity index is 1.83. The Labute approximate surface area is 162 Å². The first-order chi connectivity index (χ1) is 12.9. The van der Waals surface area contributed by atoms with Gasteiger partial charge in [-0.1, -0.05) is 64.3 Å². The van der Waals surface area contributed by atoms with Crippen molar-refractivity contribution in [1.29, 1.82) is 0 Å². The molecule has 146 valence electrons. The molecule has 0 spiro atoms. The number of hydrogen-bond donors (Lipinski definition) is 1. The second-order valence-corrected chi connectivity index (χ2v) is 7.91. The average Bonchev–Trinajstić information content (AvgIpc) is 2.99. The van der Waals surface area contributed by atoms with Crippen molar-refractivity contribution in [2.75, 3.05) is 20.1 Å². The molecule has 0 bridgehead atoms. The van der Waals surface area contributed by atoms with E-state index in [0.29, 0.717) is 12.5 Å². The Morgan fingerprint density at radius 2 is 1.81 bits per heavy atom. The van der Waals surface area contributed by atoms with Crippen LogP contribution in [-0.4, -0.2) is 41.9 Å².